The van der Waals surface area contributed by atoms with E-state index in [1.807, 2.05) is 0 Å². The third kappa shape index (κ3) is 1.39. The lowest BCUT2D eigenvalue weighted by atomic mass is 9.96. The molecule has 9 heavy (non-hydrogen) atoms. The number of halogens is 1. The summed E-state index contributed by atoms with van der Waals surface area (Å²) in [5.41, 5.74) is 0.400. The maximum atomic E-state index is 8.80. The molecule has 44 valence electrons. The molecule has 0 fully saturated rings. The number of hydrogen-bond acceptors (Lipinski definition) is 1. The van der Waals surface area contributed by atoms with Crippen LogP contribution < -0.4 is 5.46 Å². The molecular weight excluding hydrogens is 134 g/mol. The molecule has 3 heteroatoms. The summed E-state index contributed by atoms with van der Waals surface area (Å²) in [6.45, 7) is 0. The zero-order chi connectivity index (χ0) is 6.85. The number of phenols is 1. The van der Waals surface area contributed by atoms with E-state index in [4.69, 9.17) is 24.6 Å². The van der Waals surface area contributed by atoms with Gasteiger partial charge in [0.2, 0.25) is 0 Å². The number of aromatic hydroxyl groups is 1. The third-order valence-electron chi connectivity index (χ3n) is 0.980. The first-order valence-electron chi connectivity index (χ1n) is 2.44. The maximum Gasteiger partial charge on any atom is 0.116 e. The highest BCUT2D eigenvalue weighted by Crippen LogP contribution is 2.10. The first kappa shape index (κ1) is 6.49. The van der Waals surface area contributed by atoms with Gasteiger partial charge in [0.15, 0.2) is 0 Å². The summed E-state index contributed by atoms with van der Waals surface area (Å²) in [5.74, 6) is 0.136. The summed E-state index contributed by atoms with van der Waals surface area (Å²) < 4.78 is 0. The van der Waals surface area contributed by atoms with Crippen LogP contribution in [0.3, 0.4) is 0 Å². The van der Waals surface area contributed by atoms with Crippen LogP contribution in [-0.2, 0) is 0 Å². The van der Waals surface area contributed by atoms with Gasteiger partial charge in [0.25, 0.3) is 0 Å². The van der Waals surface area contributed by atoms with Gasteiger partial charge in [-0.3, -0.25) is 0 Å². The monoisotopic (exact) mass is 138 g/mol. The zero-order valence-electron chi connectivity index (χ0n) is 4.63. The molecule has 0 aliphatic heterocycles. The van der Waals surface area contributed by atoms with Crippen molar-refractivity contribution in [2.75, 3.05) is 0 Å². The van der Waals surface area contributed by atoms with Crippen LogP contribution in [-0.4, -0.2) is 13.0 Å². The normalized spacial score (nSPS) is 9.44. The van der Waals surface area contributed by atoms with Crippen molar-refractivity contribution in [2.24, 2.45) is 0 Å². The lowest BCUT2D eigenvalue weighted by Crippen LogP contribution is -2.01. The zero-order valence-corrected chi connectivity index (χ0v) is 5.39. The van der Waals surface area contributed by atoms with Crippen LogP contribution in [0.25, 0.3) is 0 Å². The van der Waals surface area contributed by atoms with E-state index in [9.17, 15) is 0 Å². The van der Waals surface area contributed by atoms with Crippen molar-refractivity contribution in [1.82, 2.24) is 0 Å². The van der Waals surface area contributed by atoms with Crippen LogP contribution >= 0.6 is 11.6 Å². The van der Waals surface area contributed by atoms with Crippen molar-refractivity contribution in [3.8, 4) is 5.75 Å². The first-order chi connectivity index (χ1) is 4.20. The van der Waals surface area contributed by atoms with Crippen LogP contribution in [0.5, 0.6) is 5.75 Å². The number of phenolic OH excluding ortho intramolecular Hbond substituents is 1. The Kier molecular flexibility index (Phi) is 1.67. The minimum atomic E-state index is 0.136. The van der Waals surface area contributed by atoms with Crippen LogP contribution in [0.1, 0.15) is 0 Å². The summed E-state index contributed by atoms with van der Waals surface area (Å²) in [6, 6.07) is 4.44. The second-order valence-electron chi connectivity index (χ2n) is 1.71. The van der Waals surface area contributed by atoms with E-state index in [2.05, 4.69) is 0 Å². The fourth-order valence-electron chi connectivity index (χ4n) is 0.531. The second kappa shape index (κ2) is 2.32. The molecule has 0 saturated heterocycles. The molecule has 0 heterocycles. The highest BCUT2D eigenvalue weighted by atomic mass is 35.5. The van der Waals surface area contributed by atoms with Gasteiger partial charge in [0.05, 0.1) is 0 Å². The Morgan fingerprint density at radius 1 is 1.44 bits per heavy atom. The molecule has 0 bridgehead atoms. The van der Waals surface area contributed by atoms with Crippen LogP contribution in [0, 0.1) is 0 Å². The molecule has 0 amide bonds. The van der Waals surface area contributed by atoms with E-state index < -0.39 is 0 Å². The molecule has 0 aliphatic rings. The molecule has 2 radical (unpaired) electrons. The van der Waals surface area contributed by atoms with Crippen molar-refractivity contribution >= 4 is 24.9 Å². The SMILES string of the molecule is [B]c1cc(O)ccc1Cl. The minimum absolute atomic E-state index is 0.136. The van der Waals surface area contributed by atoms with E-state index in [1.165, 1.54) is 12.1 Å². The molecule has 0 unspecified atom stereocenters. The molecule has 0 aliphatic carbocycles. The Bertz CT molecular complexity index is 224. The Morgan fingerprint density at radius 2 is 2.11 bits per heavy atom. The fourth-order valence-corrected chi connectivity index (χ4v) is 0.649. The molecule has 0 spiro atoms. The predicted octanol–water partition coefficient (Wildman–Crippen LogP) is 0.839. The van der Waals surface area contributed by atoms with Crippen molar-refractivity contribution in [2.45, 2.75) is 0 Å². The summed E-state index contributed by atoms with van der Waals surface area (Å²) in [7, 11) is 5.33. The minimum Gasteiger partial charge on any atom is -0.508 e. The molecule has 1 aromatic carbocycles. The molecule has 1 nitrogen and oxygen atoms in total. The Labute approximate surface area is 59.7 Å². The van der Waals surface area contributed by atoms with Crippen LogP contribution in [0.4, 0.5) is 0 Å². The number of benzene rings is 1. The largest absolute Gasteiger partial charge is 0.508 e. The standard InChI is InChI=1S/C6H4BClO/c7-5-3-4(9)1-2-6(5)8/h1-3,9H. The van der Waals surface area contributed by atoms with Crippen molar-refractivity contribution < 1.29 is 5.11 Å². The van der Waals surface area contributed by atoms with Crippen molar-refractivity contribution in [3.05, 3.63) is 23.2 Å². The molecule has 0 saturated carbocycles. The van der Waals surface area contributed by atoms with Crippen molar-refractivity contribution in [1.29, 1.82) is 0 Å². The highest BCUT2D eigenvalue weighted by Gasteiger charge is 1.92. The van der Waals surface area contributed by atoms with Gasteiger partial charge in [0, 0.05) is 5.02 Å². The summed E-state index contributed by atoms with van der Waals surface area (Å²) in [4.78, 5) is 0. The second-order valence-corrected chi connectivity index (χ2v) is 2.11. The van der Waals surface area contributed by atoms with Gasteiger partial charge in [-0.1, -0.05) is 17.1 Å². The van der Waals surface area contributed by atoms with E-state index >= 15 is 0 Å². The van der Waals surface area contributed by atoms with Crippen LogP contribution in [0.2, 0.25) is 5.02 Å². The molecule has 0 atom stereocenters. The van der Waals surface area contributed by atoms with Gasteiger partial charge in [-0.2, -0.15) is 0 Å². The fraction of sp³-hybridized carbons (Fsp3) is 0. The lowest BCUT2D eigenvalue weighted by Gasteiger charge is -1.95. The Balaban J connectivity index is 3.17. The van der Waals surface area contributed by atoms with E-state index in [-0.39, 0.29) is 5.75 Å². The van der Waals surface area contributed by atoms with Gasteiger partial charge in [-0.15, -0.1) is 0 Å². The third-order valence-corrected chi connectivity index (χ3v) is 1.32. The molecule has 1 aromatic rings. The van der Waals surface area contributed by atoms with Gasteiger partial charge >= 0.3 is 0 Å². The first-order valence-corrected chi connectivity index (χ1v) is 2.82. The maximum absolute atomic E-state index is 8.80. The summed E-state index contributed by atoms with van der Waals surface area (Å²) in [5, 5.41) is 9.26. The molecular formula is C6H4BClO. The quantitative estimate of drug-likeness (QED) is 0.527. The average Bonchev–Trinajstić information content (AvgIpc) is 1.80. The molecule has 1 rings (SSSR count). The topological polar surface area (TPSA) is 20.2 Å². The smallest absolute Gasteiger partial charge is 0.116 e. The lowest BCUT2D eigenvalue weighted by molar-refractivity contribution is 0.476. The summed E-state index contributed by atoms with van der Waals surface area (Å²) in [6.07, 6.45) is 0. The van der Waals surface area contributed by atoms with Gasteiger partial charge in [-0.25, -0.2) is 0 Å². The molecule has 1 N–H and O–H groups in total. The summed E-state index contributed by atoms with van der Waals surface area (Å²) >= 11 is 5.54. The van der Waals surface area contributed by atoms with Gasteiger partial charge < -0.3 is 5.11 Å². The van der Waals surface area contributed by atoms with E-state index in [0.717, 1.165) is 0 Å². The highest BCUT2D eigenvalue weighted by molar-refractivity contribution is 6.45. The number of rotatable bonds is 0. The predicted molar refractivity (Wildman–Crippen MR) is 38.5 cm³/mol. The number of hydrogen-bond donors (Lipinski definition) is 1. The average molecular weight is 138 g/mol. The Hall–Kier alpha value is -0.625. The van der Waals surface area contributed by atoms with Gasteiger partial charge in [0.1, 0.15) is 13.6 Å². The van der Waals surface area contributed by atoms with Gasteiger partial charge in [-0.05, 0) is 18.2 Å². The van der Waals surface area contributed by atoms with Crippen LogP contribution in [0.15, 0.2) is 18.2 Å². The Morgan fingerprint density at radius 3 is 2.56 bits per heavy atom. The van der Waals surface area contributed by atoms with Crippen molar-refractivity contribution in [3.63, 3.8) is 0 Å². The van der Waals surface area contributed by atoms with E-state index in [1.54, 1.807) is 6.07 Å². The molecule has 0 aromatic heterocycles. The van der Waals surface area contributed by atoms with E-state index in [0.29, 0.717) is 10.5 Å².